The molecule has 20 nitrogen and oxygen atoms in total. The Balaban J connectivity index is 1.25. The van der Waals surface area contributed by atoms with Gasteiger partial charge in [0.05, 0.1) is 0 Å². The molecule has 0 spiro atoms. The maximum atomic E-state index is 12.9. The fourth-order valence-electron chi connectivity index (χ4n) is 10.5. The highest BCUT2D eigenvalue weighted by molar-refractivity contribution is 5.75. The van der Waals surface area contributed by atoms with E-state index in [1.54, 1.807) is 72.8 Å². The molecule has 12 aliphatic heterocycles. The molecule has 20 heteroatoms. The lowest BCUT2D eigenvalue weighted by atomic mass is 9.94. The summed E-state index contributed by atoms with van der Waals surface area (Å²) in [5.41, 5.74) is 8.29. The van der Waals surface area contributed by atoms with E-state index in [4.69, 9.17) is 61.6 Å². The molecule has 430 valence electrons. The van der Waals surface area contributed by atoms with E-state index in [9.17, 15) is 33.6 Å². The molecule has 6 aromatic carbocycles. The van der Waals surface area contributed by atoms with E-state index in [0.717, 1.165) is 0 Å². The molecule has 83 heavy (non-hydrogen) atoms. The van der Waals surface area contributed by atoms with Crippen LogP contribution in [0.4, 0.5) is 0 Å². The van der Waals surface area contributed by atoms with E-state index in [2.05, 4.69) is 0 Å². The Kier molecular flexibility index (Phi) is 16.6. The van der Waals surface area contributed by atoms with Crippen LogP contribution < -0.4 is 56.8 Å². The third kappa shape index (κ3) is 13.6. The second-order valence-electron chi connectivity index (χ2n) is 20.3. The number of carbonyl (C=O) groups excluding carboxylic acids is 7. The predicted octanol–water partition coefficient (Wildman–Crippen LogP) is 8.34. The summed E-state index contributed by atoms with van der Waals surface area (Å²) in [4.78, 5) is 90.0. The first-order valence-corrected chi connectivity index (χ1v) is 26.8. The van der Waals surface area contributed by atoms with Crippen LogP contribution in [0.2, 0.25) is 0 Å². The summed E-state index contributed by atoms with van der Waals surface area (Å²) < 4.78 is 79.6. The standard InChI is InChI=1S/C63H58O20/c1-32(64)77-51-30-75-56-22-43-16-47-26-60(80-35(4)67)52-18-39(47)12-45-24-58(78-33(2)65)54(20-41(45)14-49(43)28-62(56)82-37(6)69)73-10-8-71-53-19-40-13-46-25-59(79-34(3)66)55(74-11-9-72-52)21-42(46)15-50-29-63(83-38(7)70)57(76-31-51)23-44(50)17-48(40)27-61(53)81-36(5)68/h18-29,51H,8-17,30-31H2,1-7H3. The smallest absolute Gasteiger partial charge is 0.308 e. The SMILES string of the molecule is CC(=O)Oc1cc2c3cc1OCCOc1cc4c(cc1OC(C)=O)Cc1cc5c(OC(C)=O)cc1Cc1cc(c(OC(C)=O)cc1C4)OCCOc1cc(c(cc1OC(C)=O)Cc1cc(c(OC(C)=O)cc1C3)OCC(OC(C)=O)CO5)C2. The van der Waals surface area contributed by atoms with E-state index in [1.165, 1.54) is 48.5 Å². The lowest BCUT2D eigenvalue weighted by Gasteiger charge is -2.22. The topological polar surface area (TPSA) is 239 Å². The van der Waals surface area contributed by atoms with Crippen molar-refractivity contribution in [1.29, 1.82) is 0 Å². The summed E-state index contributed by atoms with van der Waals surface area (Å²) in [6, 6.07) is 20.7. The molecule has 20 rings (SSSR count). The van der Waals surface area contributed by atoms with Gasteiger partial charge in [-0.2, -0.15) is 0 Å². The lowest BCUT2D eigenvalue weighted by molar-refractivity contribution is -0.149. The number of hydrogen-bond acceptors (Lipinski definition) is 20. The van der Waals surface area contributed by atoms with Crippen molar-refractivity contribution in [3.05, 3.63) is 140 Å². The van der Waals surface area contributed by atoms with Crippen molar-refractivity contribution < 1.29 is 95.1 Å². The molecule has 18 bridgehead atoms. The molecule has 14 aliphatic rings. The monoisotopic (exact) mass is 1130 g/mol. The molecule has 0 unspecified atom stereocenters. The Labute approximate surface area is 476 Å². The summed E-state index contributed by atoms with van der Waals surface area (Å²) in [5, 5.41) is 0. The third-order valence-electron chi connectivity index (χ3n) is 13.8. The first kappa shape index (κ1) is 56.7. The molecule has 0 fully saturated rings. The number of carbonyl (C=O) groups is 7. The molecule has 0 amide bonds. The van der Waals surface area contributed by atoms with Crippen LogP contribution in [0.25, 0.3) is 0 Å². The minimum Gasteiger partial charge on any atom is -0.486 e. The highest BCUT2D eigenvalue weighted by atomic mass is 16.6. The highest BCUT2D eigenvalue weighted by Crippen LogP contribution is 2.45. The lowest BCUT2D eigenvalue weighted by Crippen LogP contribution is -2.30. The zero-order valence-corrected chi connectivity index (χ0v) is 46.7. The maximum Gasteiger partial charge on any atom is 0.308 e. The van der Waals surface area contributed by atoms with Gasteiger partial charge in [0.1, 0.15) is 39.6 Å². The van der Waals surface area contributed by atoms with Crippen molar-refractivity contribution >= 4 is 41.8 Å². The largest absolute Gasteiger partial charge is 0.486 e. The van der Waals surface area contributed by atoms with Crippen molar-refractivity contribution in [2.24, 2.45) is 0 Å². The Morgan fingerprint density at radius 2 is 0.458 bits per heavy atom. The molecule has 0 aromatic heterocycles. The normalized spacial score (nSPS) is 14.3. The van der Waals surface area contributed by atoms with Crippen LogP contribution in [0.15, 0.2) is 72.8 Å². The van der Waals surface area contributed by atoms with E-state index < -0.39 is 47.9 Å². The molecular formula is C63H58O20. The molecule has 0 saturated heterocycles. The van der Waals surface area contributed by atoms with E-state index in [0.29, 0.717) is 66.8 Å². The molecular weight excluding hydrogens is 1080 g/mol. The fourth-order valence-corrected chi connectivity index (χ4v) is 10.5. The molecule has 0 atom stereocenters. The molecule has 2 aliphatic carbocycles. The molecule has 12 heterocycles. The zero-order valence-electron chi connectivity index (χ0n) is 46.7. The highest BCUT2D eigenvalue weighted by Gasteiger charge is 2.29. The van der Waals surface area contributed by atoms with Gasteiger partial charge in [0, 0.05) is 48.5 Å². The van der Waals surface area contributed by atoms with Crippen LogP contribution in [0, 0.1) is 0 Å². The number of ether oxygens (including phenoxy) is 13. The number of esters is 7. The zero-order chi connectivity index (χ0) is 58.6. The summed E-state index contributed by atoms with van der Waals surface area (Å²) >= 11 is 0. The van der Waals surface area contributed by atoms with Crippen molar-refractivity contribution in [3.8, 4) is 69.0 Å². The third-order valence-corrected chi connectivity index (χ3v) is 13.8. The number of hydrogen-bond donors (Lipinski definition) is 0. The van der Waals surface area contributed by atoms with Gasteiger partial charge in [0.15, 0.2) is 75.1 Å². The van der Waals surface area contributed by atoms with Crippen LogP contribution in [0.5, 0.6) is 69.0 Å². The van der Waals surface area contributed by atoms with Crippen molar-refractivity contribution in [2.45, 2.75) is 93.1 Å². The first-order chi connectivity index (χ1) is 39.8. The van der Waals surface area contributed by atoms with Gasteiger partial charge in [-0.25, -0.2) is 0 Å². The Morgan fingerprint density at radius 1 is 0.277 bits per heavy atom. The first-order valence-electron chi connectivity index (χ1n) is 26.8. The van der Waals surface area contributed by atoms with Crippen molar-refractivity contribution in [3.63, 3.8) is 0 Å². The van der Waals surface area contributed by atoms with E-state index in [1.807, 2.05) is 0 Å². The van der Waals surface area contributed by atoms with Crippen LogP contribution in [-0.2, 0) is 76.8 Å². The van der Waals surface area contributed by atoms with Gasteiger partial charge >= 0.3 is 41.8 Å². The summed E-state index contributed by atoms with van der Waals surface area (Å²) in [7, 11) is 0. The predicted molar refractivity (Wildman–Crippen MR) is 292 cm³/mol. The van der Waals surface area contributed by atoms with Gasteiger partial charge in [-0.15, -0.1) is 0 Å². The summed E-state index contributed by atoms with van der Waals surface area (Å²) in [5.74, 6) is -2.93. The molecule has 0 N–H and O–H groups in total. The van der Waals surface area contributed by atoms with Gasteiger partial charge in [0.2, 0.25) is 0 Å². The second-order valence-corrected chi connectivity index (χ2v) is 20.3. The summed E-state index contributed by atoms with van der Waals surface area (Å²) in [6.45, 7) is 7.74. The van der Waals surface area contributed by atoms with Gasteiger partial charge in [0.25, 0.3) is 0 Å². The Morgan fingerprint density at radius 3 is 0.639 bits per heavy atom. The van der Waals surface area contributed by atoms with Gasteiger partial charge in [-0.1, -0.05) is 0 Å². The average Bonchev–Trinajstić information content (AvgIpc) is 2.79. The van der Waals surface area contributed by atoms with Crippen molar-refractivity contribution in [2.75, 3.05) is 39.6 Å². The molecule has 6 aromatic rings. The van der Waals surface area contributed by atoms with Crippen LogP contribution in [0.3, 0.4) is 0 Å². The van der Waals surface area contributed by atoms with Crippen LogP contribution >= 0.6 is 0 Å². The maximum absolute atomic E-state index is 12.9. The Hall–Kier alpha value is -9.59. The molecule has 0 radical (unpaired) electrons. The average molecular weight is 1140 g/mol. The number of rotatable bonds is 7. The minimum atomic E-state index is -1.12. The quantitative estimate of drug-likeness (QED) is 0.108. The van der Waals surface area contributed by atoms with Gasteiger partial charge in [-0.3, -0.25) is 33.6 Å². The minimum absolute atomic E-state index is 0.0433. The van der Waals surface area contributed by atoms with Gasteiger partial charge < -0.3 is 61.6 Å². The summed E-state index contributed by atoms with van der Waals surface area (Å²) in [6.07, 6.45) is 0.0910. The van der Waals surface area contributed by atoms with Crippen LogP contribution in [-0.4, -0.2) is 87.5 Å². The van der Waals surface area contributed by atoms with E-state index in [-0.39, 0.29) is 147 Å². The Bertz CT molecular complexity index is 3410. The van der Waals surface area contributed by atoms with E-state index >= 15 is 0 Å². The fraction of sp³-hybridized carbons (Fsp3) is 0.317. The van der Waals surface area contributed by atoms with Crippen molar-refractivity contribution in [1.82, 2.24) is 0 Å². The van der Waals surface area contributed by atoms with Gasteiger partial charge in [-0.05, 0) is 178 Å². The molecule has 0 saturated carbocycles. The van der Waals surface area contributed by atoms with Crippen LogP contribution in [0.1, 0.15) is 115 Å². The second kappa shape index (κ2) is 24.2. The number of benzene rings is 6.